The van der Waals surface area contributed by atoms with E-state index >= 15 is 0 Å². The predicted molar refractivity (Wildman–Crippen MR) is 64.6 cm³/mol. The van der Waals surface area contributed by atoms with Crippen molar-refractivity contribution in [1.82, 2.24) is 5.32 Å². The Kier molecular flexibility index (Phi) is 3.77. The lowest BCUT2D eigenvalue weighted by atomic mass is 10.0. The monoisotopic (exact) mass is 239 g/mol. The van der Waals surface area contributed by atoms with E-state index in [1.165, 1.54) is 25.7 Å². The van der Waals surface area contributed by atoms with Crippen molar-refractivity contribution in [3.05, 3.63) is 35.4 Å². The lowest BCUT2D eigenvalue weighted by molar-refractivity contribution is 0.415. The summed E-state index contributed by atoms with van der Waals surface area (Å²) in [6.45, 7) is 3.51. The topological polar surface area (TPSA) is 12.0 Å². The quantitative estimate of drug-likeness (QED) is 0.799. The first-order valence-corrected chi connectivity index (χ1v) is 6.30. The van der Waals surface area contributed by atoms with Gasteiger partial charge in [-0.15, -0.1) is 0 Å². The van der Waals surface area contributed by atoms with Crippen LogP contribution in [-0.2, 0) is 6.54 Å². The third-order valence-electron chi connectivity index (χ3n) is 3.58. The van der Waals surface area contributed by atoms with Gasteiger partial charge in [0.1, 0.15) is 0 Å². The van der Waals surface area contributed by atoms with Gasteiger partial charge >= 0.3 is 0 Å². The van der Waals surface area contributed by atoms with Crippen molar-refractivity contribution in [2.24, 2.45) is 5.41 Å². The lowest BCUT2D eigenvalue weighted by Crippen LogP contribution is -2.24. The standard InChI is InChI=1S/C14H19F2N/c1-2-6-14(7-8-14)10-17-9-11-4-3-5-12(15)13(11)16/h3-5,17H,2,6-10H2,1H3. The second-order valence-corrected chi connectivity index (χ2v) is 5.07. The Balaban J connectivity index is 1.84. The Bertz CT molecular complexity index is 386. The highest BCUT2D eigenvalue weighted by Gasteiger charge is 2.40. The summed E-state index contributed by atoms with van der Waals surface area (Å²) in [6.07, 6.45) is 4.95. The fourth-order valence-electron chi connectivity index (χ4n) is 2.37. The van der Waals surface area contributed by atoms with Gasteiger partial charge in [-0.2, -0.15) is 0 Å². The van der Waals surface area contributed by atoms with Crippen molar-refractivity contribution >= 4 is 0 Å². The second-order valence-electron chi connectivity index (χ2n) is 5.07. The Morgan fingerprint density at radius 1 is 1.29 bits per heavy atom. The Hall–Kier alpha value is -0.960. The largest absolute Gasteiger partial charge is 0.312 e. The molecule has 94 valence electrons. The van der Waals surface area contributed by atoms with E-state index in [0.29, 0.717) is 17.5 Å². The molecular weight excluding hydrogens is 220 g/mol. The van der Waals surface area contributed by atoms with Crippen molar-refractivity contribution < 1.29 is 8.78 Å². The average Bonchev–Trinajstić information content (AvgIpc) is 3.05. The Morgan fingerprint density at radius 2 is 2.06 bits per heavy atom. The molecule has 1 nitrogen and oxygen atoms in total. The van der Waals surface area contributed by atoms with Crippen LogP contribution in [0.5, 0.6) is 0 Å². The van der Waals surface area contributed by atoms with E-state index in [9.17, 15) is 8.78 Å². The molecule has 0 amide bonds. The van der Waals surface area contributed by atoms with E-state index in [2.05, 4.69) is 12.2 Å². The summed E-state index contributed by atoms with van der Waals surface area (Å²) in [5.74, 6) is -1.49. The molecule has 1 aromatic carbocycles. The maximum atomic E-state index is 13.4. The van der Waals surface area contributed by atoms with Gasteiger partial charge in [0.2, 0.25) is 0 Å². The fraction of sp³-hybridized carbons (Fsp3) is 0.571. The van der Waals surface area contributed by atoms with Crippen LogP contribution in [0, 0.1) is 17.0 Å². The predicted octanol–water partition coefficient (Wildman–Crippen LogP) is 3.63. The summed E-state index contributed by atoms with van der Waals surface area (Å²) >= 11 is 0. The van der Waals surface area contributed by atoms with E-state index < -0.39 is 11.6 Å². The summed E-state index contributed by atoms with van der Waals surface area (Å²) in [5, 5.41) is 3.25. The smallest absolute Gasteiger partial charge is 0.163 e. The average molecular weight is 239 g/mol. The number of halogens is 2. The molecule has 1 N–H and O–H groups in total. The zero-order valence-corrected chi connectivity index (χ0v) is 10.2. The molecule has 0 unspecified atom stereocenters. The molecule has 0 radical (unpaired) electrons. The van der Waals surface area contributed by atoms with E-state index in [1.807, 2.05) is 0 Å². The van der Waals surface area contributed by atoms with E-state index in [1.54, 1.807) is 12.1 Å². The number of hydrogen-bond acceptors (Lipinski definition) is 1. The minimum atomic E-state index is -0.765. The molecule has 1 aliphatic rings. The van der Waals surface area contributed by atoms with Gasteiger partial charge < -0.3 is 5.32 Å². The van der Waals surface area contributed by atoms with Crippen LogP contribution < -0.4 is 5.32 Å². The first kappa shape index (κ1) is 12.5. The zero-order chi connectivity index (χ0) is 12.3. The molecule has 0 bridgehead atoms. The molecule has 1 aliphatic carbocycles. The molecule has 1 fully saturated rings. The molecular formula is C14H19F2N. The third kappa shape index (κ3) is 3.03. The van der Waals surface area contributed by atoms with Gasteiger partial charge in [0.05, 0.1) is 0 Å². The second kappa shape index (κ2) is 5.13. The van der Waals surface area contributed by atoms with Crippen LogP contribution >= 0.6 is 0 Å². The summed E-state index contributed by atoms with van der Waals surface area (Å²) in [5.41, 5.74) is 0.857. The molecule has 0 aromatic heterocycles. The van der Waals surface area contributed by atoms with Crippen molar-refractivity contribution in [2.45, 2.75) is 39.2 Å². The van der Waals surface area contributed by atoms with Crippen molar-refractivity contribution in [2.75, 3.05) is 6.54 Å². The van der Waals surface area contributed by atoms with Crippen molar-refractivity contribution in [3.63, 3.8) is 0 Å². The van der Waals surface area contributed by atoms with Gasteiger partial charge in [-0.1, -0.05) is 25.5 Å². The molecule has 3 heteroatoms. The van der Waals surface area contributed by atoms with Gasteiger partial charge in [0, 0.05) is 18.7 Å². The van der Waals surface area contributed by atoms with Crippen molar-refractivity contribution in [3.8, 4) is 0 Å². The van der Waals surface area contributed by atoms with Crippen LogP contribution in [0.15, 0.2) is 18.2 Å². The molecule has 1 aromatic rings. The van der Waals surface area contributed by atoms with Crippen molar-refractivity contribution in [1.29, 1.82) is 0 Å². The van der Waals surface area contributed by atoms with Gasteiger partial charge in [0.25, 0.3) is 0 Å². The molecule has 0 heterocycles. The first-order chi connectivity index (χ1) is 8.17. The van der Waals surface area contributed by atoms with Crippen LogP contribution in [-0.4, -0.2) is 6.54 Å². The minimum Gasteiger partial charge on any atom is -0.312 e. The van der Waals surface area contributed by atoms with Crippen LogP contribution in [0.2, 0.25) is 0 Å². The summed E-state index contributed by atoms with van der Waals surface area (Å²) in [6, 6.07) is 4.33. The molecule has 0 saturated heterocycles. The lowest BCUT2D eigenvalue weighted by Gasteiger charge is -2.15. The SMILES string of the molecule is CCCC1(CNCc2cccc(F)c2F)CC1. The summed E-state index contributed by atoms with van der Waals surface area (Å²) < 4.78 is 26.3. The number of nitrogens with one attached hydrogen (secondary N) is 1. The van der Waals surface area contributed by atoms with Gasteiger partial charge in [-0.05, 0) is 30.7 Å². The van der Waals surface area contributed by atoms with Crippen LogP contribution in [0.1, 0.15) is 38.2 Å². The minimum absolute atomic E-state index is 0.412. The number of rotatable bonds is 6. The molecule has 0 atom stereocenters. The van der Waals surface area contributed by atoms with E-state index in [0.717, 1.165) is 12.6 Å². The highest BCUT2D eigenvalue weighted by atomic mass is 19.2. The van der Waals surface area contributed by atoms with Crippen LogP contribution in [0.3, 0.4) is 0 Å². The van der Waals surface area contributed by atoms with E-state index in [4.69, 9.17) is 0 Å². The maximum absolute atomic E-state index is 13.4. The van der Waals surface area contributed by atoms with Gasteiger partial charge in [-0.25, -0.2) is 8.78 Å². The summed E-state index contributed by atoms with van der Waals surface area (Å²) in [4.78, 5) is 0. The van der Waals surface area contributed by atoms with Gasteiger partial charge in [-0.3, -0.25) is 0 Å². The fourth-order valence-corrected chi connectivity index (χ4v) is 2.37. The Morgan fingerprint density at radius 3 is 2.71 bits per heavy atom. The molecule has 0 spiro atoms. The Labute approximate surface area is 101 Å². The van der Waals surface area contributed by atoms with E-state index in [-0.39, 0.29) is 0 Å². The number of hydrogen-bond donors (Lipinski definition) is 1. The molecule has 1 saturated carbocycles. The molecule has 2 rings (SSSR count). The van der Waals surface area contributed by atoms with Gasteiger partial charge in [0.15, 0.2) is 11.6 Å². The third-order valence-corrected chi connectivity index (χ3v) is 3.58. The summed E-state index contributed by atoms with van der Waals surface area (Å²) in [7, 11) is 0. The normalized spacial score (nSPS) is 17.1. The first-order valence-electron chi connectivity index (χ1n) is 6.30. The molecule has 17 heavy (non-hydrogen) atoms. The number of benzene rings is 1. The van der Waals surface area contributed by atoms with Crippen LogP contribution in [0.25, 0.3) is 0 Å². The molecule has 0 aliphatic heterocycles. The highest BCUT2D eigenvalue weighted by Crippen LogP contribution is 2.48. The van der Waals surface area contributed by atoms with Crippen LogP contribution in [0.4, 0.5) is 8.78 Å². The maximum Gasteiger partial charge on any atom is 0.163 e. The highest BCUT2D eigenvalue weighted by molar-refractivity contribution is 5.18. The zero-order valence-electron chi connectivity index (χ0n) is 10.2.